The summed E-state index contributed by atoms with van der Waals surface area (Å²) in [5.74, 6) is 0.0569. The average molecular weight is 343 g/mol. The highest BCUT2D eigenvalue weighted by atomic mass is 19.1. The van der Waals surface area contributed by atoms with Gasteiger partial charge in [-0.05, 0) is 47.4 Å². The predicted molar refractivity (Wildman–Crippen MR) is 94.5 cm³/mol. The second-order valence-corrected chi connectivity index (χ2v) is 6.12. The van der Waals surface area contributed by atoms with Crippen molar-refractivity contribution in [1.82, 2.24) is 5.32 Å². The molecule has 0 saturated heterocycles. The summed E-state index contributed by atoms with van der Waals surface area (Å²) in [6, 6.07) is 11.1. The lowest BCUT2D eigenvalue weighted by Crippen LogP contribution is -2.30. The van der Waals surface area contributed by atoms with Crippen LogP contribution in [0, 0.1) is 5.82 Å². The smallest absolute Gasteiger partial charge is 0.224 e. The number of benzene rings is 2. The van der Waals surface area contributed by atoms with Gasteiger partial charge in [-0.2, -0.15) is 0 Å². The molecule has 0 spiro atoms. The summed E-state index contributed by atoms with van der Waals surface area (Å²) >= 11 is 0. The van der Waals surface area contributed by atoms with Crippen LogP contribution in [0.1, 0.15) is 41.3 Å². The first kappa shape index (κ1) is 18.6. The molecule has 1 N–H and O–H groups in total. The third-order valence-electron chi connectivity index (χ3n) is 3.87. The topological polar surface area (TPSA) is 55.4 Å². The molecule has 0 aliphatic rings. The van der Waals surface area contributed by atoms with E-state index in [4.69, 9.17) is 4.74 Å². The molecule has 0 bridgehead atoms. The molecule has 0 aliphatic carbocycles. The first-order chi connectivity index (χ1) is 11.9. The van der Waals surface area contributed by atoms with Gasteiger partial charge in [-0.1, -0.05) is 26.0 Å². The number of carbonyl (C=O) groups excluding carboxylic acids is 2. The molecule has 4 nitrogen and oxygen atoms in total. The number of amides is 1. The van der Waals surface area contributed by atoms with Gasteiger partial charge >= 0.3 is 0 Å². The summed E-state index contributed by atoms with van der Waals surface area (Å²) in [7, 11) is 1.59. The Morgan fingerprint density at radius 2 is 1.92 bits per heavy atom. The van der Waals surface area contributed by atoms with Crippen molar-refractivity contribution in [3.05, 3.63) is 65.0 Å². The lowest BCUT2D eigenvalue weighted by atomic mass is 9.98. The molecule has 1 amide bonds. The van der Waals surface area contributed by atoms with Gasteiger partial charge in [-0.25, -0.2) is 4.39 Å². The Hall–Kier alpha value is -2.69. The molecule has 0 atom stereocenters. The third-order valence-corrected chi connectivity index (χ3v) is 3.87. The van der Waals surface area contributed by atoms with E-state index in [-0.39, 0.29) is 36.4 Å². The largest absolute Gasteiger partial charge is 0.496 e. The highest BCUT2D eigenvalue weighted by Gasteiger charge is 2.13. The first-order valence-corrected chi connectivity index (χ1v) is 8.13. The Bertz CT molecular complexity index is 771. The van der Waals surface area contributed by atoms with E-state index in [9.17, 15) is 14.0 Å². The summed E-state index contributed by atoms with van der Waals surface area (Å²) < 4.78 is 18.4. The second kappa shape index (κ2) is 8.42. The van der Waals surface area contributed by atoms with Crippen LogP contribution in [-0.2, 0) is 11.2 Å². The summed E-state index contributed by atoms with van der Waals surface area (Å²) in [5.41, 5.74) is 2.03. The molecule has 25 heavy (non-hydrogen) atoms. The van der Waals surface area contributed by atoms with Crippen LogP contribution in [0.4, 0.5) is 4.39 Å². The number of halogens is 1. The van der Waals surface area contributed by atoms with Gasteiger partial charge in [0.05, 0.1) is 20.1 Å². The van der Waals surface area contributed by atoms with Crippen LogP contribution >= 0.6 is 0 Å². The summed E-state index contributed by atoms with van der Waals surface area (Å²) in [5, 5.41) is 2.58. The van der Waals surface area contributed by atoms with Crippen LogP contribution in [0.3, 0.4) is 0 Å². The standard InChI is InChI=1S/C20H22FNO3/c1-13(2)17-11-15(7-8-19(17)25-3)18(23)12-22-20(24)10-14-5-4-6-16(21)9-14/h4-9,11,13H,10,12H2,1-3H3,(H,22,24). The van der Waals surface area contributed by atoms with Crippen molar-refractivity contribution in [2.24, 2.45) is 0 Å². The molecule has 0 unspecified atom stereocenters. The quantitative estimate of drug-likeness (QED) is 0.783. The van der Waals surface area contributed by atoms with Gasteiger partial charge in [0.2, 0.25) is 5.91 Å². The van der Waals surface area contributed by atoms with Crippen LogP contribution in [-0.4, -0.2) is 25.3 Å². The van der Waals surface area contributed by atoms with Crippen LogP contribution in [0.25, 0.3) is 0 Å². The van der Waals surface area contributed by atoms with E-state index in [1.165, 1.54) is 12.1 Å². The lowest BCUT2D eigenvalue weighted by molar-refractivity contribution is -0.120. The molecule has 0 radical (unpaired) electrons. The van der Waals surface area contributed by atoms with Gasteiger partial charge in [0, 0.05) is 5.56 Å². The van der Waals surface area contributed by atoms with Crippen LogP contribution in [0.5, 0.6) is 5.75 Å². The fourth-order valence-electron chi connectivity index (χ4n) is 2.53. The van der Waals surface area contributed by atoms with Crippen molar-refractivity contribution in [1.29, 1.82) is 0 Å². The number of hydrogen-bond donors (Lipinski definition) is 1. The molecule has 5 heteroatoms. The zero-order chi connectivity index (χ0) is 18.4. The molecule has 0 aliphatic heterocycles. The minimum absolute atomic E-state index is 0.0326. The van der Waals surface area contributed by atoms with Crippen LogP contribution in [0.15, 0.2) is 42.5 Å². The number of hydrogen-bond acceptors (Lipinski definition) is 3. The Kier molecular flexibility index (Phi) is 6.28. The molecule has 0 saturated carbocycles. The van der Waals surface area contributed by atoms with E-state index in [0.29, 0.717) is 11.1 Å². The van der Waals surface area contributed by atoms with Gasteiger partial charge in [-0.3, -0.25) is 9.59 Å². The highest BCUT2D eigenvalue weighted by molar-refractivity contribution is 5.99. The van der Waals surface area contributed by atoms with Crippen LogP contribution in [0.2, 0.25) is 0 Å². The number of rotatable bonds is 7. The Labute approximate surface area is 147 Å². The minimum Gasteiger partial charge on any atom is -0.496 e. The maximum absolute atomic E-state index is 13.1. The minimum atomic E-state index is -0.388. The Morgan fingerprint density at radius 3 is 2.56 bits per heavy atom. The number of ketones is 1. The normalized spacial score (nSPS) is 10.6. The van der Waals surface area contributed by atoms with Crippen molar-refractivity contribution in [3.8, 4) is 5.75 Å². The fourth-order valence-corrected chi connectivity index (χ4v) is 2.53. The Morgan fingerprint density at radius 1 is 1.16 bits per heavy atom. The van der Waals surface area contributed by atoms with E-state index in [1.54, 1.807) is 37.4 Å². The SMILES string of the molecule is COc1ccc(C(=O)CNC(=O)Cc2cccc(F)c2)cc1C(C)C. The third kappa shape index (κ3) is 5.14. The number of ether oxygens (including phenoxy) is 1. The number of carbonyl (C=O) groups is 2. The first-order valence-electron chi connectivity index (χ1n) is 8.13. The highest BCUT2D eigenvalue weighted by Crippen LogP contribution is 2.27. The van der Waals surface area contributed by atoms with E-state index in [0.717, 1.165) is 11.3 Å². The zero-order valence-electron chi connectivity index (χ0n) is 14.6. The van der Waals surface area contributed by atoms with Crippen molar-refractivity contribution in [2.45, 2.75) is 26.2 Å². The molecular weight excluding hydrogens is 321 g/mol. The molecular formula is C20H22FNO3. The van der Waals surface area contributed by atoms with Crippen molar-refractivity contribution in [2.75, 3.05) is 13.7 Å². The second-order valence-electron chi connectivity index (χ2n) is 6.12. The van der Waals surface area contributed by atoms with Gasteiger partial charge in [0.25, 0.3) is 0 Å². The predicted octanol–water partition coefficient (Wildman–Crippen LogP) is 3.50. The summed E-state index contributed by atoms with van der Waals surface area (Å²) in [6.45, 7) is 3.94. The summed E-state index contributed by atoms with van der Waals surface area (Å²) in [6.07, 6.45) is 0.0326. The van der Waals surface area contributed by atoms with Crippen LogP contribution < -0.4 is 10.1 Å². The molecule has 2 aromatic rings. The molecule has 0 heterocycles. The van der Waals surface area contributed by atoms with E-state index in [2.05, 4.69) is 5.32 Å². The Balaban J connectivity index is 1.98. The van der Waals surface area contributed by atoms with Gasteiger partial charge in [0.1, 0.15) is 11.6 Å². The monoisotopic (exact) mass is 343 g/mol. The average Bonchev–Trinajstić information content (AvgIpc) is 2.59. The van der Waals surface area contributed by atoms with Gasteiger partial charge in [-0.15, -0.1) is 0 Å². The zero-order valence-corrected chi connectivity index (χ0v) is 14.6. The van der Waals surface area contributed by atoms with E-state index in [1.807, 2.05) is 13.8 Å². The molecule has 0 aromatic heterocycles. The van der Waals surface area contributed by atoms with E-state index < -0.39 is 0 Å². The molecule has 132 valence electrons. The number of Topliss-reactive ketones (excluding diaryl/α,β-unsaturated/α-hetero) is 1. The molecule has 2 rings (SSSR count). The van der Waals surface area contributed by atoms with Gasteiger partial charge in [0.15, 0.2) is 5.78 Å². The molecule has 2 aromatic carbocycles. The van der Waals surface area contributed by atoms with Crippen molar-refractivity contribution >= 4 is 11.7 Å². The van der Waals surface area contributed by atoms with E-state index >= 15 is 0 Å². The van der Waals surface area contributed by atoms with Crippen molar-refractivity contribution in [3.63, 3.8) is 0 Å². The summed E-state index contributed by atoms with van der Waals surface area (Å²) in [4.78, 5) is 24.2. The fraction of sp³-hybridized carbons (Fsp3) is 0.300. The maximum Gasteiger partial charge on any atom is 0.224 e. The number of methoxy groups -OCH3 is 1. The van der Waals surface area contributed by atoms with Crippen molar-refractivity contribution < 1.29 is 18.7 Å². The lowest BCUT2D eigenvalue weighted by Gasteiger charge is -2.13. The maximum atomic E-state index is 13.1. The molecule has 0 fully saturated rings. The number of nitrogens with one attached hydrogen (secondary N) is 1. The van der Waals surface area contributed by atoms with Gasteiger partial charge < -0.3 is 10.1 Å².